The molecule has 0 spiro atoms. The Morgan fingerprint density at radius 1 is 0.803 bits per heavy atom. The first-order chi connectivity index (χ1) is 28.7. The molecule has 0 bridgehead atoms. The molecule has 23 nitrogen and oxygen atoms in total. The molecule has 346 valence electrons. The fraction of sp³-hybridized carbons (Fsp3) is 0.694. The van der Waals surface area contributed by atoms with Crippen molar-refractivity contribution in [2.24, 2.45) is 17.8 Å². The summed E-state index contributed by atoms with van der Waals surface area (Å²) in [6, 6.07) is 9.65. The SMILES string of the molecule is C=C[C@H]1C[C@@H](/C=C/c2ccccc2)CC1C(=O)NCCO[C@@H]1O[C@H](COS(=O)(=O)O)[C@@H](O[C@@H]2O[C@H](CO)[C@H](O)[C@H](OS(=O)(=O)O)[C@H]2O)[C@H](O[C@@H]2O[C@@H](C)[C@@H](O)[C@@H](O)[C@@H]2O)[C@H]1O. The summed E-state index contributed by atoms with van der Waals surface area (Å²) in [5.74, 6) is -0.780. The van der Waals surface area contributed by atoms with Gasteiger partial charge in [0.05, 0.1) is 25.9 Å². The molecular weight excluding hydrogens is 863 g/mol. The minimum atomic E-state index is -5.38. The van der Waals surface area contributed by atoms with E-state index in [4.69, 9.17) is 28.4 Å². The molecule has 10 N–H and O–H groups in total. The predicted molar refractivity (Wildman–Crippen MR) is 203 cm³/mol. The molecule has 1 unspecified atom stereocenters. The van der Waals surface area contributed by atoms with E-state index in [1.54, 1.807) is 6.08 Å². The maximum atomic E-state index is 13.3. The van der Waals surface area contributed by atoms with Crippen LogP contribution in [0, 0.1) is 17.8 Å². The van der Waals surface area contributed by atoms with Gasteiger partial charge in [0.25, 0.3) is 0 Å². The van der Waals surface area contributed by atoms with Crippen LogP contribution in [0.2, 0.25) is 0 Å². The van der Waals surface area contributed by atoms with Crippen LogP contribution in [0.4, 0.5) is 0 Å². The lowest BCUT2D eigenvalue weighted by molar-refractivity contribution is -0.384. The van der Waals surface area contributed by atoms with Gasteiger partial charge in [-0.25, -0.2) is 8.37 Å². The fourth-order valence-corrected chi connectivity index (χ4v) is 8.43. The van der Waals surface area contributed by atoms with Crippen molar-refractivity contribution >= 4 is 32.8 Å². The van der Waals surface area contributed by atoms with Crippen molar-refractivity contribution in [3.05, 3.63) is 54.6 Å². The molecule has 1 amide bonds. The van der Waals surface area contributed by atoms with Crippen LogP contribution in [0.3, 0.4) is 0 Å². The van der Waals surface area contributed by atoms with E-state index in [0.29, 0.717) is 12.8 Å². The normalized spacial score (nSPS) is 39.9. The number of ether oxygens (including phenoxy) is 6. The first-order valence-corrected chi connectivity index (χ1v) is 21.9. The van der Waals surface area contributed by atoms with E-state index in [2.05, 4.69) is 20.3 Å². The van der Waals surface area contributed by atoms with Gasteiger partial charge in [-0.2, -0.15) is 16.8 Å². The third-order valence-corrected chi connectivity index (χ3v) is 11.7. The zero-order valence-electron chi connectivity index (χ0n) is 32.6. The van der Waals surface area contributed by atoms with Crippen LogP contribution in [-0.4, -0.2) is 186 Å². The average molecular weight is 916 g/mol. The Morgan fingerprint density at radius 3 is 2.08 bits per heavy atom. The lowest BCUT2D eigenvalue weighted by atomic mass is 9.95. The van der Waals surface area contributed by atoms with Crippen molar-refractivity contribution in [3.8, 4) is 0 Å². The lowest BCUT2D eigenvalue weighted by Gasteiger charge is -2.49. The van der Waals surface area contributed by atoms with Gasteiger partial charge in [0, 0.05) is 12.5 Å². The van der Waals surface area contributed by atoms with Gasteiger partial charge in [-0.15, -0.1) is 6.58 Å². The molecule has 4 fully saturated rings. The largest absolute Gasteiger partial charge is 0.397 e. The van der Waals surface area contributed by atoms with E-state index in [-0.39, 0.29) is 30.9 Å². The number of hydrogen-bond donors (Lipinski definition) is 10. The Morgan fingerprint density at radius 2 is 1.44 bits per heavy atom. The Bertz CT molecular complexity index is 1840. The van der Waals surface area contributed by atoms with Crippen molar-refractivity contribution in [1.82, 2.24) is 5.32 Å². The maximum absolute atomic E-state index is 13.3. The monoisotopic (exact) mass is 915 g/mol. The van der Waals surface area contributed by atoms with Crippen LogP contribution < -0.4 is 5.32 Å². The van der Waals surface area contributed by atoms with Crippen LogP contribution in [-0.2, 0) is 62.4 Å². The molecule has 25 heteroatoms. The summed E-state index contributed by atoms with van der Waals surface area (Å²) in [6.07, 6.45) is -22.0. The molecular formula is C36H53NO22S2. The van der Waals surface area contributed by atoms with Gasteiger partial charge < -0.3 is 69.5 Å². The fourth-order valence-electron chi connectivity index (χ4n) is 7.62. The number of rotatable bonds is 18. The highest BCUT2D eigenvalue weighted by Gasteiger charge is 2.55. The maximum Gasteiger partial charge on any atom is 0.397 e. The quantitative estimate of drug-likeness (QED) is 0.0394. The molecule has 1 aromatic carbocycles. The number of carbonyl (C=O) groups excluding carboxylic acids is 1. The summed E-state index contributed by atoms with van der Waals surface area (Å²) in [4.78, 5) is 13.3. The molecule has 1 saturated carbocycles. The molecule has 3 heterocycles. The van der Waals surface area contributed by atoms with Crippen molar-refractivity contribution < 1.29 is 103 Å². The van der Waals surface area contributed by atoms with E-state index >= 15 is 0 Å². The van der Waals surface area contributed by atoms with Crippen molar-refractivity contribution in [2.75, 3.05) is 26.4 Å². The number of aliphatic hydroxyl groups is 7. The number of allylic oxidation sites excluding steroid dienone is 2. The molecule has 4 aliphatic rings. The summed E-state index contributed by atoms with van der Waals surface area (Å²) in [6.45, 7) is 2.46. The van der Waals surface area contributed by atoms with E-state index in [9.17, 15) is 66.5 Å². The van der Waals surface area contributed by atoms with Crippen LogP contribution in [0.25, 0.3) is 6.08 Å². The number of benzene rings is 1. The summed E-state index contributed by atoms with van der Waals surface area (Å²) in [7, 11) is -10.6. The lowest BCUT2D eigenvalue weighted by Crippen LogP contribution is -2.67. The van der Waals surface area contributed by atoms with Gasteiger partial charge in [0.15, 0.2) is 18.9 Å². The number of nitrogens with one attached hydrogen (secondary N) is 1. The van der Waals surface area contributed by atoms with Crippen LogP contribution in [0.5, 0.6) is 0 Å². The number of hydrogen-bond acceptors (Lipinski definition) is 20. The molecule has 61 heavy (non-hydrogen) atoms. The molecule has 0 aromatic heterocycles. The first kappa shape index (κ1) is 49.4. The summed E-state index contributed by atoms with van der Waals surface area (Å²) in [5, 5.41) is 77.2. The zero-order valence-corrected chi connectivity index (χ0v) is 34.2. The first-order valence-electron chi connectivity index (χ1n) is 19.2. The molecule has 1 aromatic rings. The van der Waals surface area contributed by atoms with Gasteiger partial charge in [-0.05, 0) is 37.2 Å². The highest BCUT2D eigenvalue weighted by Crippen LogP contribution is 2.39. The van der Waals surface area contributed by atoms with Gasteiger partial charge >= 0.3 is 20.8 Å². The van der Waals surface area contributed by atoms with Gasteiger partial charge in [0.2, 0.25) is 5.91 Å². The van der Waals surface area contributed by atoms with Crippen molar-refractivity contribution in [1.29, 1.82) is 0 Å². The highest BCUT2D eigenvalue weighted by atomic mass is 32.3. The van der Waals surface area contributed by atoms with Crippen LogP contribution in [0.15, 0.2) is 49.1 Å². The molecule has 5 rings (SSSR count). The Balaban J connectivity index is 1.34. The summed E-state index contributed by atoms with van der Waals surface area (Å²) < 4.78 is 108. The summed E-state index contributed by atoms with van der Waals surface area (Å²) in [5.41, 5.74) is 1.01. The third-order valence-electron chi connectivity index (χ3n) is 10.8. The smallest absolute Gasteiger partial charge is 0.394 e. The Labute approximate surface area is 351 Å². The number of amides is 1. The highest BCUT2D eigenvalue weighted by molar-refractivity contribution is 7.81. The molecule has 1 aliphatic carbocycles. The second-order valence-electron chi connectivity index (χ2n) is 15.0. The van der Waals surface area contributed by atoms with Crippen LogP contribution >= 0.6 is 0 Å². The van der Waals surface area contributed by atoms with E-state index in [0.717, 1.165) is 5.56 Å². The predicted octanol–water partition coefficient (Wildman–Crippen LogP) is -3.21. The standard InChI is InChI=1S/C36H53NO22S2/c1-3-20-13-19(10-9-18-7-5-4-6-8-18)14-21(20)33(45)37-11-12-52-34-29(44)32(58-35-27(42)26(41)24(39)17(2)54-35)30(23(56-34)16-53-60(46,47)48)57-36-28(43)31(59-61(49,50)51)25(40)22(15-38)55-36/h3-10,17,19-32,34-36,38-44H,1,11-16H2,2H3,(H,37,45)(H,46,47,48)(H,49,50,51)/b10-9+/t17-,19+,20-,21?,22+,23+,24+,25-,26+,27-,28+,29+,30+,31-,32+,34+,35-,36-/m0/s1. The molecule has 0 radical (unpaired) electrons. The molecule has 3 saturated heterocycles. The minimum Gasteiger partial charge on any atom is -0.394 e. The second kappa shape index (κ2) is 21.4. The Hall–Kier alpha value is -2.61. The molecule has 18 atom stereocenters. The van der Waals surface area contributed by atoms with Gasteiger partial charge in [0.1, 0.15) is 67.1 Å². The second-order valence-corrected chi connectivity index (χ2v) is 17.1. The zero-order chi connectivity index (χ0) is 44.8. The van der Waals surface area contributed by atoms with E-state index in [1.165, 1.54) is 6.92 Å². The van der Waals surface area contributed by atoms with Gasteiger partial charge in [-0.1, -0.05) is 48.6 Å². The summed E-state index contributed by atoms with van der Waals surface area (Å²) >= 11 is 0. The molecule has 3 aliphatic heterocycles. The van der Waals surface area contributed by atoms with Crippen molar-refractivity contribution in [3.63, 3.8) is 0 Å². The van der Waals surface area contributed by atoms with Crippen LogP contribution in [0.1, 0.15) is 25.3 Å². The Kier molecular flexibility index (Phi) is 17.3. The number of aliphatic hydroxyl groups excluding tert-OH is 7. The topological polar surface area (TPSA) is 353 Å². The number of carbonyl (C=O) groups is 1. The van der Waals surface area contributed by atoms with E-state index < -0.39 is 132 Å². The van der Waals surface area contributed by atoms with Crippen molar-refractivity contribution in [2.45, 2.75) is 112 Å². The minimum absolute atomic E-state index is 0.0925. The third kappa shape index (κ3) is 13.0. The van der Waals surface area contributed by atoms with Gasteiger partial charge in [-0.3, -0.25) is 13.9 Å². The average Bonchev–Trinajstić information content (AvgIpc) is 3.64. The van der Waals surface area contributed by atoms with E-state index in [1.807, 2.05) is 42.5 Å².